The third kappa shape index (κ3) is 5.81. The van der Waals surface area contributed by atoms with Gasteiger partial charge in [0.1, 0.15) is 0 Å². The Balaban J connectivity index is 1.74. The van der Waals surface area contributed by atoms with Gasteiger partial charge in [-0.25, -0.2) is 21.1 Å². The van der Waals surface area contributed by atoms with Gasteiger partial charge >= 0.3 is 0 Å². The van der Waals surface area contributed by atoms with Crippen molar-refractivity contribution in [3.8, 4) is 0 Å². The summed E-state index contributed by atoms with van der Waals surface area (Å²) in [5.74, 6) is -0.402. The average molecular weight is 494 g/mol. The quantitative estimate of drug-likeness (QED) is 0.639. The summed E-state index contributed by atoms with van der Waals surface area (Å²) in [5, 5.41) is 2.85. The van der Waals surface area contributed by atoms with E-state index in [1.807, 2.05) is 0 Å². The lowest BCUT2D eigenvalue weighted by Gasteiger charge is -2.20. The Morgan fingerprint density at radius 2 is 1.52 bits per heavy atom. The summed E-state index contributed by atoms with van der Waals surface area (Å²) >= 11 is 0. The van der Waals surface area contributed by atoms with Crippen LogP contribution in [0.15, 0.2) is 58.3 Å². The Hall–Kier alpha value is -2.27. The van der Waals surface area contributed by atoms with E-state index in [2.05, 4.69) is 5.32 Å². The van der Waals surface area contributed by atoms with Gasteiger partial charge in [0.2, 0.25) is 20.0 Å². The first-order chi connectivity index (χ1) is 15.5. The maximum Gasteiger partial charge on any atom is 0.251 e. The fourth-order valence-electron chi connectivity index (χ4n) is 3.73. The second-order valence-corrected chi connectivity index (χ2v) is 12.5. The predicted octanol–water partition coefficient (Wildman–Crippen LogP) is 2.99. The summed E-state index contributed by atoms with van der Waals surface area (Å²) in [6.45, 7) is 2.77. The molecule has 2 aromatic carbocycles. The van der Waals surface area contributed by atoms with Gasteiger partial charge in [-0.2, -0.15) is 4.31 Å². The van der Waals surface area contributed by atoms with Crippen LogP contribution in [0.3, 0.4) is 0 Å². The van der Waals surface area contributed by atoms with E-state index in [4.69, 9.17) is 0 Å². The highest BCUT2D eigenvalue weighted by atomic mass is 32.2. The van der Waals surface area contributed by atoms with E-state index < -0.39 is 32.0 Å². The molecular formula is C23H31N3O5S2. The summed E-state index contributed by atoms with van der Waals surface area (Å²) < 4.78 is 53.2. The average Bonchev–Trinajstić information content (AvgIpc) is 3.09. The lowest BCUT2D eigenvalue weighted by Crippen LogP contribution is -2.32. The van der Waals surface area contributed by atoms with Crippen molar-refractivity contribution in [2.75, 3.05) is 27.2 Å². The Morgan fingerprint density at radius 3 is 2.09 bits per heavy atom. The molecule has 180 valence electrons. The molecule has 8 nitrogen and oxygen atoms in total. The molecule has 1 unspecified atom stereocenters. The minimum absolute atomic E-state index is 0.114. The molecule has 0 saturated carbocycles. The van der Waals surface area contributed by atoms with Crippen LogP contribution in [0.25, 0.3) is 0 Å². The number of carbonyl (C=O) groups excluding carboxylic acids is 1. The van der Waals surface area contributed by atoms with Gasteiger partial charge in [-0.05, 0) is 55.7 Å². The summed E-state index contributed by atoms with van der Waals surface area (Å²) in [6, 6.07) is 12.0. The minimum Gasteiger partial charge on any atom is -0.346 e. The molecule has 0 aliphatic carbocycles. The predicted molar refractivity (Wildman–Crippen MR) is 127 cm³/mol. The van der Waals surface area contributed by atoms with Gasteiger partial charge in [-0.15, -0.1) is 0 Å². The Morgan fingerprint density at radius 1 is 0.909 bits per heavy atom. The van der Waals surface area contributed by atoms with Gasteiger partial charge < -0.3 is 5.32 Å². The first-order valence-corrected chi connectivity index (χ1v) is 13.8. The Bertz CT molecular complexity index is 1180. The zero-order valence-electron chi connectivity index (χ0n) is 19.2. The van der Waals surface area contributed by atoms with Gasteiger partial charge in [0, 0.05) is 32.7 Å². The second-order valence-electron chi connectivity index (χ2n) is 8.40. The maximum atomic E-state index is 13.1. The molecule has 33 heavy (non-hydrogen) atoms. The van der Waals surface area contributed by atoms with Crippen molar-refractivity contribution < 1.29 is 21.6 Å². The van der Waals surface area contributed by atoms with Crippen molar-refractivity contribution in [1.82, 2.24) is 13.9 Å². The van der Waals surface area contributed by atoms with Crippen LogP contribution < -0.4 is 5.32 Å². The van der Waals surface area contributed by atoms with Gasteiger partial charge in [-0.3, -0.25) is 4.79 Å². The van der Waals surface area contributed by atoms with E-state index in [-0.39, 0.29) is 15.4 Å². The SMILES string of the molecule is CC(NC(=O)c1cccc(S(=O)(=O)N2CCCCCC2)c1)c1ccc(S(=O)(=O)N(C)C)cc1. The molecule has 1 saturated heterocycles. The summed E-state index contributed by atoms with van der Waals surface area (Å²) in [6.07, 6.45) is 3.72. The van der Waals surface area contributed by atoms with E-state index in [1.165, 1.54) is 42.7 Å². The van der Waals surface area contributed by atoms with Crippen LogP contribution in [0.1, 0.15) is 54.6 Å². The molecule has 10 heteroatoms. The maximum absolute atomic E-state index is 13.1. The molecule has 1 fully saturated rings. The molecule has 0 spiro atoms. The standard InChI is InChI=1S/C23H31N3O5S2/c1-18(19-11-13-21(14-12-19)32(28,29)25(2)3)24-23(27)20-9-8-10-22(17-20)33(30,31)26-15-6-4-5-7-16-26/h8-14,17-18H,4-7,15-16H2,1-3H3,(H,24,27). The number of nitrogens with one attached hydrogen (secondary N) is 1. The smallest absolute Gasteiger partial charge is 0.251 e. The zero-order chi connectivity index (χ0) is 24.2. The minimum atomic E-state index is -3.66. The fraction of sp³-hybridized carbons (Fsp3) is 0.435. The number of carbonyl (C=O) groups is 1. The molecule has 3 rings (SSSR count). The lowest BCUT2D eigenvalue weighted by molar-refractivity contribution is 0.0939. The first kappa shape index (κ1) is 25.4. The number of hydrogen-bond acceptors (Lipinski definition) is 5. The van der Waals surface area contributed by atoms with Crippen LogP contribution in [0.5, 0.6) is 0 Å². The number of sulfonamides is 2. The molecule has 0 bridgehead atoms. The molecule has 2 aromatic rings. The highest BCUT2D eigenvalue weighted by Crippen LogP contribution is 2.22. The fourth-order valence-corrected chi connectivity index (χ4v) is 6.20. The molecule has 1 aliphatic rings. The van der Waals surface area contributed by atoms with Crippen LogP contribution in [0.2, 0.25) is 0 Å². The summed E-state index contributed by atoms with van der Waals surface area (Å²) in [7, 11) is -4.26. The van der Waals surface area contributed by atoms with Crippen LogP contribution in [0.4, 0.5) is 0 Å². The monoisotopic (exact) mass is 493 g/mol. The molecule has 1 aliphatic heterocycles. The van der Waals surface area contributed by atoms with Crippen molar-refractivity contribution in [3.05, 3.63) is 59.7 Å². The molecular weight excluding hydrogens is 462 g/mol. The van der Waals surface area contributed by atoms with Crippen molar-refractivity contribution in [1.29, 1.82) is 0 Å². The number of nitrogens with zero attached hydrogens (tertiary/aromatic N) is 2. The van der Waals surface area contributed by atoms with E-state index in [0.717, 1.165) is 35.6 Å². The van der Waals surface area contributed by atoms with Crippen LogP contribution in [-0.4, -0.2) is 58.5 Å². The number of amides is 1. The largest absolute Gasteiger partial charge is 0.346 e. The molecule has 0 radical (unpaired) electrons. The summed E-state index contributed by atoms with van der Waals surface area (Å²) in [5.41, 5.74) is 0.985. The number of hydrogen-bond donors (Lipinski definition) is 1. The van der Waals surface area contributed by atoms with Gasteiger partial charge in [0.15, 0.2) is 0 Å². The molecule has 1 amide bonds. The Labute approximate surface area is 196 Å². The van der Waals surface area contributed by atoms with E-state index in [9.17, 15) is 21.6 Å². The number of rotatable bonds is 7. The topological polar surface area (TPSA) is 104 Å². The normalized spacial score (nSPS) is 16.8. The van der Waals surface area contributed by atoms with Crippen molar-refractivity contribution in [2.45, 2.75) is 48.4 Å². The highest BCUT2D eigenvalue weighted by Gasteiger charge is 2.26. The van der Waals surface area contributed by atoms with Gasteiger partial charge in [0.25, 0.3) is 5.91 Å². The van der Waals surface area contributed by atoms with E-state index >= 15 is 0 Å². The van der Waals surface area contributed by atoms with Crippen LogP contribution in [-0.2, 0) is 20.0 Å². The summed E-state index contributed by atoms with van der Waals surface area (Å²) in [4.78, 5) is 13.1. The number of benzene rings is 2. The molecule has 1 atom stereocenters. The van der Waals surface area contributed by atoms with Gasteiger partial charge in [-0.1, -0.05) is 31.0 Å². The first-order valence-electron chi connectivity index (χ1n) is 11.0. The molecule has 1 N–H and O–H groups in total. The van der Waals surface area contributed by atoms with Crippen LogP contribution >= 0.6 is 0 Å². The van der Waals surface area contributed by atoms with E-state index in [1.54, 1.807) is 31.2 Å². The second kappa shape index (κ2) is 10.3. The molecule has 0 aromatic heterocycles. The lowest BCUT2D eigenvalue weighted by atomic mass is 10.1. The van der Waals surface area contributed by atoms with Gasteiger partial charge in [0.05, 0.1) is 15.8 Å². The van der Waals surface area contributed by atoms with Crippen molar-refractivity contribution in [3.63, 3.8) is 0 Å². The zero-order valence-corrected chi connectivity index (χ0v) is 20.8. The van der Waals surface area contributed by atoms with E-state index in [0.29, 0.717) is 13.1 Å². The highest BCUT2D eigenvalue weighted by molar-refractivity contribution is 7.89. The molecule has 1 heterocycles. The van der Waals surface area contributed by atoms with Crippen molar-refractivity contribution in [2.24, 2.45) is 0 Å². The Kier molecular flexibility index (Phi) is 7.94. The third-order valence-electron chi connectivity index (χ3n) is 5.81. The third-order valence-corrected chi connectivity index (χ3v) is 9.53. The van der Waals surface area contributed by atoms with Crippen LogP contribution in [0, 0.1) is 0 Å². The van der Waals surface area contributed by atoms with Crippen molar-refractivity contribution >= 4 is 26.0 Å².